The molecule has 1 rings (SSSR count). The van der Waals surface area contributed by atoms with E-state index in [9.17, 15) is 14.9 Å². The predicted octanol–water partition coefficient (Wildman–Crippen LogP) is 0.421. The summed E-state index contributed by atoms with van der Waals surface area (Å²) in [5.74, 6) is -0.636. The van der Waals surface area contributed by atoms with Crippen molar-refractivity contribution in [2.75, 3.05) is 13.2 Å². The second kappa shape index (κ2) is 5.80. The number of primary amides is 1. The molecule has 7 heteroatoms. The summed E-state index contributed by atoms with van der Waals surface area (Å²) in [5, 5.41) is 10.7. The molecule has 0 aromatic heterocycles. The Morgan fingerprint density at radius 2 is 2.18 bits per heavy atom. The summed E-state index contributed by atoms with van der Waals surface area (Å²) < 4.78 is 5.20. The molecular weight excluding hydrogens is 226 g/mol. The van der Waals surface area contributed by atoms with Crippen molar-refractivity contribution >= 4 is 11.6 Å². The quantitative estimate of drug-likeness (QED) is 0.423. The number of nitro benzene ring substituents is 1. The van der Waals surface area contributed by atoms with Crippen LogP contribution in [0.25, 0.3) is 0 Å². The lowest BCUT2D eigenvalue weighted by molar-refractivity contribution is -0.385. The van der Waals surface area contributed by atoms with Crippen molar-refractivity contribution in [3.05, 3.63) is 33.9 Å². The zero-order valence-corrected chi connectivity index (χ0v) is 9.09. The fourth-order valence-corrected chi connectivity index (χ4v) is 1.20. The lowest BCUT2D eigenvalue weighted by Crippen LogP contribution is -2.12. The van der Waals surface area contributed by atoms with Crippen LogP contribution < -0.4 is 16.2 Å². The highest BCUT2D eigenvalue weighted by atomic mass is 16.6. The topological polar surface area (TPSA) is 121 Å². The number of carbonyl (C=O) groups excluding carboxylic acids is 1. The summed E-state index contributed by atoms with van der Waals surface area (Å²) in [6, 6.07) is 3.74. The van der Waals surface area contributed by atoms with Gasteiger partial charge in [0.05, 0.1) is 11.5 Å². The van der Waals surface area contributed by atoms with E-state index in [-0.39, 0.29) is 23.6 Å². The maximum absolute atomic E-state index is 10.9. The van der Waals surface area contributed by atoms with Crippen LogP contribution in [-0.2, 0) is 0 Å². The minimum absolute atomic E-state index is 0.0275. The van der Waals surface area contributed by atoms with Gasteiger partial charge in [-0.15, -0.1) is 0 Å². The Morgan fingerprint density at radius 3 is 2.71 bits per heavy atom. The molecular formula is C10H13N3O4. The molecule has 0 aliphatic heterocycles. The van der Waals surface area contributed by atoms with E-state index in [2.05, 4.69) is 0 Å². The highest BCUT2D eigenvalue weighted by Crippen LogP contribution is 2.27. The number of ether oxygens (including phenoxy) is 1. The van der Waals surface area contributed by atoms with E-state index in [4.69, 9.17) is 16.2 Å². The van der Waals surface area contributed by atoms with Crippen LogP contribution in [0.1, 0.15) is 16.8 Å². The van der Waals surface area contributed by atoms with E-state index < -0.39 is 10.8 Å². The van der Waals surface area contributed by atoms with Gasteiger partial charge >= 0.3 is 5.69 Å². The predicted molar refractivity (Wildman–Crippen MR) is 60.8 cm³/mol. The van der Waals surface area contributed by atoms with Gasteiger partial charge in [-0.05, 0) is 19.0 Å². The average molecular weight is 239 g/mol. The fraction of sp³-hybridized carbons (Fsp3) is 0.300. The number of nitro groups is 1. The van der Waals surface area contributed by atoms with Gasteiger partial charge in [-0.3, -0.25) is 14.9 Å². The van der Waals surface area contributed by atoms with Crippen LogP contribution in [0.2, 0.25) is 0 Å². The minimum atomic E-state index is -0.663. The first-order valence-electron chi connectivity index (χ1n) is 4.97. The monoisotopic (exact) mass is 239 g/mol. The Morgan fingerprint density at radius 1 is 1.47 bits per heavy atom. The highest BCUT2D eigenvalue weighted by molar-refractivity contribution is 5.93. The molecule has 0 bridgehead atoms. The SMILES string of the molecule is NCCCOc1cc(C(N)=O)ccc1[N+](=O)[O-]. The van der Waals surface area contributed by atoms with E-state index in [1.54, 1.807) is 0 Å². The van der Waals surface area contributed by atoms with Gasteiger partial charge in [0.2, 0.25) is 5.91 Å². The van der Waals surface area contributed by atoms with E-state index in [0.717, 1.165) is 0 Å². The van der Waals surface area contributed by atoms with Crippen LogP contribution in [0.4, 0.5) is 5.69 Å². The maximum atomic E-state index is 10.9. The van der Waals surface area contributed by atoms with Crippen molar-refractivity contribution in [1.82, 2.24) is 0 Å². The van der Waals surface area contributed by atoms with Gasteiger partial charge in [0.15, 0.2) is 5.75 Å². The molecule has 0 aliphatic carbocycles. The first-order valence-corrected chi connectivity index (χ1v) is 4.97. The number of nitrogens with two attached hydrogens (primary N) is 2. The van der Waals surface area contributed by atoms with Crippen molar-refractivity contribution in [3.8, 4) is 5.75 Å². The molecule has 0 unspecified atom stereocenters. The van der Waals surface area contributed by atoms with Crippen LogP contribution in [-0.4, -0.2) is 24.0 Å². The van der Waals surface area contributed by atoms with Gasteiger partial charge in [0, 0.05) is 17.7 Å². The molecule has 7 nitrogen and oxygen atoms in total. The summed E-state index contributed by atoms with van der Waals surface area (Å²) in [7, 11) is 0. The fourth-order valence-electron chi connectivity index (χ4n) is 1.20. The van der Waals surface area contributed by atoms with Crippen molar-refractivity contribution in [1.29, 1.82) is 0 Å². The molecule has 92 valence electrons. The molecule has 1 aromatic carbocycles. The van der Waals surface area contributed by atoms with Crippen molar-refractivity contribution in [3.63, 3.8) is 0 Å². The van der Waals surface area contributed by atoms with Gasteiger partial charge in [0.25, 0.3) is 0 Å². The molecule has 1 amide bonds. The summed E-state index contributed by atoms with van der Waals surface area (Å²) in [6.45, 7) is 0.670. The van der Waals surface area contributed by atoms with Crippen molar-refractivity contribution < 1.29 is 14.5 Å². The molecule has 0 radical (unpaired) electrons. The zero-order valence-electron chi connectivity index (χ0n) is 9.09. The Bertz CT molecular complexity index is 434. The van der Waals surface area contributed by atoms with E-state index in [0.29, 0.717) is 13.0 Å². The lowest BCUT2D eigenvalue weighted by Gasteiger charge is -2.06. The van der Waals surface area contributed by atoms with Crippen molar-refractivity contribution in [2.24, 2.45) is 11.5 Å². The molecule has 0 aliphatic rings. The zero-order chi connectivity index (χ0) is 12.8. The highest BCUT2D eigenvalue weighted by Gasteiger charge is 2.16. The smallest absolute Gasteiger partial charge is 0.310 e. The standard InChI is InChI=1S/C10H13N3O4/c11-4-1-5-17-9-6-7(10(12)14)2-3-8(9)13(15)16/h2-3,6H,1,4-5,11H2,(H2,12,14). The molecule has 0 saturated heterocycles. The van der Waals surface area contributed by atoms with Gasteiger partial charge < -0.3 is 16.2 Å². The third-order valence-electron chi connectivity index (χ3n) is 2.05. The second-order valence-corrected chi connectivity index (χ2v) is 3.29. The first-order chi connectivity index (χ1) is 8.06. The number of benzene rings is 1. The van der Waals surface area contributed by atoms with Crippen LogP contribution in [0.3, 0.4) is 0 Å². The molecule has 17 heavy (non-hydrogen) atoms. The molecule has 0 heterocycles. The van der Waals surface area contributed by atoms with Crippen LogP contribution in [0, 0.1) is 10.1 Å². The van der Waals surface area contributed by atoms with Gasteiger partial charge in [-0.2, -0.15) is 0 Å². The van der Waals surface area contributed by atoms with Gasteiger partial charge in [0.1, 0.15) is 0 Å². The summed E-state index contributed by atoms with van der Waals surface area (Å²) in [5.41, 5.74) is 10.3. The number of hydrogen-bond acceptors (Lipinski definition) is 5. The number of nitrogens with zero attached hydrogens (tertiary/aromatic N) is 1. The van der Waals surface area contributed by atoms with Crippen LogP contribution in [0.5, 0.6) is 5.75 Å². The Kier molecular flexibility index (Phi) is 4.41. The molecule has 0 fully saturated rings. The van der Waals surface area contributed by atoms with Crippen molar-refractivity contribution in [2.45, 2.75) is 6.42 Å². The Labute approximate surface area is 97.5 Å². The molecule has 4 N–H and O–H groups in total. The normalized spacial score (nSPS) is 9.94. The Balaban J connectivity index is 2.98. The molecule has 1 aromatic rings. The third kappa shape index (κ3) is 3.42. The molecule has 0 spiro atoms. The maximum Gasteiger partial charge on any atom is 0.310 e. The van der Waals surface area contributed by atoms with Gasteiger partial charge in [-0.1, -0.05) is 0 Å². The van der Waals surface area contributed by atoms with Gasteiger partial charge in [-0.25, -0.2) is 0 Å². The minimum Gasteiger partial charge on any atom is -0.487 e. The van der Waals surface area contributed by atoms with Crippen LogP contribution in [0.15, 0.2) is 18.2 Å². The number of rotatable bonds is 6. The lowest BCUT2D eigenvalue weighted by atomic mass is 10.2. The molecule has 0 atom stereocenters. The number of hydrogen-bond donors (Lipinski definition) is 2. The number of carbonyl (C=O) groups is 1. The van der Waals surface area contributed by atoms with E-state index in [1.165, 1.54) is 18.2 Å². The summed E-state index contributed by atoms with van der Waals surface area (Å²) >= 11 is 0. The Hall–Kier alpha value is -2.15. The summed E-state index contributed by atoms with van der Waals surface area (Å²) in [6.07, 6.45) is 0.567. The third-order valence-corrected chi connectivity index (χ3v) is 2.05. The van der Waals surface area contributed by atoms with E-state index in [1.807, 2.05) is 0 Å². The summed E-state index contributed by atoms with van der Waals surface area (Å²) in [4.78, 5) is 21.1. The van der Waals surface area contributed by atoms with Crippen LogP contribution >= 0.6 is 0 Å². The second-order valence-electron chi connectivity index (χ2n) is 3.29. The largest absolute Gasteiger partial charge is 0.487 e. The van der Waals surface area contributed by atoms with E-state index >= 15 is 0 Å². The average Bonchev–Trinajstić information content (AvgIpc) is 2.28. The molecule has 0 saturated carbocycles. The number of amides is 1. The first kappa shape index (κ1) is 12.9.